The Morgan fingerprint density at radius 3 is 2.22 bits per heavy atom. The van der Waals surface area contributed by atoms with Crippen LogP contribution in [0.4, 0.5) is 0 Å². The van der Waals surface area contributed by atoms with E-state index in [0.717, 1.165) is 11.1 Å². The lowest BCUT2D eigenvalue weighted by molar-refractivity contribution is 0.0678. The second kappa shape index (κ2) is 9.41. The minimum Gasteiger partial charge on any atom is -0.497 e. The normalized spacial score (nSPS) is 14.9. The minimum atomic E-state index is -0.179. The number of pyridine rings is 1. The molecule has 7 heteroatoms. The van der Waals surface area contributed by atoms with Gasteiger partial charge in [-0.3, -0.25) is 14.2 Å². The van der Waals surface area contributed by atoms with Crippen molar-refractivity contribution >= 4 is 16.7 Å². The standard InChI is InChI=1S/C29H28N2O5/c1-18-24-16-27(36-4)26(35-3)15-19(24)13-14-30(18)29(33)25-17-31(20-9-11-21(34-2)12-10-20)28(32)23-8-6-5-7-22(23)25/h5-12,15-18H,13-14H2,1-4H3. The number of hydrogen-bond acceptors (Lipinski definition) is 5. The number of carbonyl (C=O) groups excluding carboxylic acids is 1. The number of carbonyl (C=O) groups is 1. The summed E-state index contributed by atoms with van der Waals surface area (Å²) in [6.45, 7) is 2.57. The van der Waals surface area contributed by atoms with Crippen LogP contribution in [0, 0.1) is 0 Å². The van der Waals surface area contributed by atoms with Gasteiger partial charge >= 0.3 is 0 Å². The van der Waals surface area contributed by atoms with Crippen molar-refractivity contribution in [2.24, 2.45) is 0 Å². The average Bonchev–Trinajstić information content (AvgIpc) is 2.92. The molecule has 0 aliphatic carbocycles. The zero-order valence-electron chi connectivity index (χ0n) is 20.8. The molecule has 1 unspecified atom stereocenters. The summed E-state index contributed by atoms with van der Waals surface area (Å²) in [7, 11) is 4.82. The number of aromatic nitrogens is 1. The van der Waals surface area contributed by atoms with E-state index in [1.165, 1.54) is 4.57 Å². The van der Waals surface area contributed by atoms with Crippen LogP contribution >= 0.6 is 0 Å². The van der Waals surface area contributed by atoms with Crippen molar-refractivity contribution in [3.63, 3.8) is 0 Å². The Balaban J connectivity index is 1.61. The smallest absolute Gasteiger partial charge is 0.262 e. The molecule has 1 aliphatic heterocycles. The molecule has 184 valence electrons. The Bertz CT molecular complexity index is 1510. The number of ether oxygens (including phenoxy) is 3. The number of hydrogen-bond donors (Lipinski definition) is 0. The maximum Gasteiger partial charge on any atom is 0.262 e. The van der Waals surface area contributed by atoms with Gasteiger partial charge in [0.1, 0.15) is 5.75 Å². The van der Waals surface area contributed by atoms with Gasteiger partial charge in [-0.1, -0.05) is 18.2 Å². The van der Waals surface area contributed by atoms with Crippen molar-refractivity contribution in [1.29, 1.82) is 0 Å². The van der Waals surface area contributed by atoms with Crippen LogP contribution in [0.1, 0.15) is 34.5 Å². The number of rotatable bonds is 5. The highest BCUT2D eigenvalue weighted by Crippen LogP contribution is 2.38. The van der Waals surface area contributed by atoms with Crippen LogP contribution in [0.5, 0.6) is 17.2 Å². The van der Waals surface area contributed by atoms with Gasteiger partial charge in [0.15, 0.2) is 11.5 Å². The molecule has 3 aromatic carbocycles. The van der Waals surface area contributed by atoms with Gasteiger partial charge in [-0.2, -0.15) is 0 Å². The quantitative estimate of drug-likeness (QED) is 0.408. The first kappa shape index (κ1) is 23.5. The van der Waals surface area contributed by atoms with Crippen LogP contribution in [0.25, 0.3) is 16.5 Å². The molecular formula is C29H28N2O5. The van der Waals surface area contributed by atoms with Crippen LogP contribution in [-0.2, 0) is 6.42 Å². The van der Waals surface area contributed by atoms with Gasteiger partial charge in [0.05, 0.1) is 32.9 Å². The third-order valence-electron chi connectivity index (χ3n) is 6.95. The van der Waals surface area contributed by atoms with Crippen LogP contribution in [0.15, 0.2) is 71.7 Å². The molecule has 0 spiro atoms. The van der Waals surface area contributed by atoms with E-state index in [9.17, 15) is 9.59 Å². The molecule has 0 saturated carbocycles. The first-order chi connectivity index (χ1) is 17.5. The largest absolute Gasteiger partial charge is 0.497 e. The summed E-state index contributed by atoms with van der Waals surface area (Å²) >= 11 is 0. The number of amides is 1. The van der Waals surface area contributed by atoms with Gasteiger partial charge in [-0.25, -0.2) is 0 Å². The van der Waals surface area contributed by atoms with Gasteiger partial charge in [0.2, 0.25) is 0 Å². The molecule has 7 nitrogen and oxygen atoms in total. The fraction of sp³-hybridized carbons (Fsp3) is 0.241. The predicted octanol–water partition coefficient (Wildman–Crippen LogP) is 4.78. The van der Waals surface area contributed by atoms with E-state index in [1.807, 2.05) is 54.3 Å². The molecule has 1 amide bonds. The SMILES string of the molecule is COc1ccc(-n2cc(C(=O)N3CCc4cc(OC)c(OC)cc4C3C)c3ccccc3c2=O)cc1. The molecule has 0 saturated heterocycles. The molecule has 0 N–H and O–H groups in total. The van der Waals surface area contributed by atoms with E-state index in [4.69, 9.17) is 14.2 Å². The van der Waals surface area contributed by atoms with Gasteiger partial charge in [-0.15, -0.1) is 0 Å². The molecule has 1 aliphatic rings. The second-order valence-corrected chi connectivity index (χ2v) is 8.79. The van der Waals surface area contributed by atoms with E-state index >= 15 is 0 Å². The molecule has 1 atom stereocenters. The maximum absolute atomic E-state index is 14.0. The number of fused-ring (bicyclic) bond motifs is 2. The Morgan fingerprint density at radius 1 is 0.889 bits per heavy atom. The molecule has 0 bridgehead atoms. The van der Waals surface area contributed by atoms with Gasteiger partial charge in [0, 0.05) is 29.2 Å². The molecule has 1 aromatic heterocycles. The molecule has 5 rings (SSSR count). The highest BCUT2D eigenvalue weighted by molar-refractivity contribution is 6.07. The van der Waals surface area contributed by atoms with E-state index in [1.54, 1.807) is 45.7 Å². The maximum atomic E-state index is 14.0. The highest BCUT2D eigenvalue weighted by atomic mass is 16.5. The van der Waals surface area contributed by atoms with E-state index in [0.29, 0.717) is 52.2 Å². The number of nitrogens with zero attached hydrogens (tertiary/aromatic N) is 2. The monoisotopic (exact) mass is 484 g/mol. The molecule has 0 radical (unpaired) electrons. The average molecular weight is 485 g/mol. The van der Waals surface area contributed by atoms with Crippen molar-refractivity contribution in [2.75, 3.05) is 27.9 Å². The lowest BCUT2D eigenvalue weighted by Gasteiger charge is -2.36. The second-order valence-electron chi connectivity index (χ2n) is 8.79. The van der Waals surface area contributed by atoms with Gasteiger partial charge in [-0.05, 0) is 66.9 Å². The summed E-state index contributed by atoms with van der Waals surface area (Å²) in [6.07, 6.45) is 2.35. The predicted molar refractivity (Wildman–Crippen MR) is 139 cm³/mol. The third-order valence-corrected chi connectivity index (χ3v) is 6.95. The molecular weight excluding hydrogens is 456 g/mol. The zero-order valence-corrected chi connectivity index (χ0v) is 20.8. The molecule has 36 heavy (non-hydrogen) atoms. The Kier molecular flexibility index (Phi) is 6.14. The van der Waals surface area contributed by atoms with Crippen molar-refractivity contribution in [3.05, 3.63) is 93.9 Å². The van der Waals surface area contributed by atoms with Crippen molar-refractivity contribution in [3.8, 4) is 22.9 Å². The Labute approximate surface area is 209 Å². The van der Waals surface area contributed by atoms with Crippen molar-refractivity contribution in [2.45, 2.75) is 19.4 Å². The van der Waals surface area contributed by atoms with Gasteiger partial charge in [0.25, 0.3) is 11.5 Å². The summed E-state index contributed by atoms with van der Waals surface area (Å²) in [5.74, 6) is 1.88. The Hall–Kier alpha value is -4.26. The summed E-state index contributed by atoms with van der Waals surface area (Å²) in [6, 6.07) is 18.2. The number of benzene rings is 3. The summed E-state index contributed by atoms with van der Waals surface area (Å²) in [5.41, 5.74) is 3.13. The highest BCUT2D eigenvalue weighted by Gasteiger charge is 2.31. The van der Waals surface area contributed by atoms with Crippen molar-refractivity contribution in [1.82, 2.24) is 9.47 Å². The summed E-state index contributed by atoms with van der Waals surface area (Å²) < 4.78 is 17.8. The topological polar surface area (TPSA) is 70.0 Å². The molecule has 0 fully saturated rings. The lowest BCUT2D eigenvalue weighted by Crippen LogP contribution is -2.39. The van der Waals surface area contributed by atoms with E-state index < -0.39 is 0 Å². The first-order valence-electron chi connectivity index (χ1n) is 11.8. The van der Waals surface area contributed by atoms with E-state index in [-0.39, 0.29) is 17.5 Å². The lowest BCUT2D eigenvalue weighted by atomic mass is 9.92. The molecule has 4 aromatic rings. The fourth-order valence-electron chi connectivity index (χ4n) is 4.97. The summed E-state index contributed by atoms with van der Waals surface area (Å²) in [4.78, 5) is 29.3. The van der Waals surface area contributed by atoms with E-state index in [2.05, 4.69) is 0 Å². The number of methoxy groups -OCH3 is 3. The zero-order chi connectivity index (χ0) is 25.4. The Morgan fingerprint density at radius 2 is 1.56 bits per heavy atom. The molecule has 2 heterocycles. The van der Waals surface area contributed by atoms with Crippen molar-refractivity contribution < 1.29 is 19.0 Å². The van der Waals surface area contributed by atoms with Crippen LogP contribution in [0.2, 0.25) is 0 Å². The van der Waals surface area contributed by atoms with Crippen LogP contribution < -0.4 is 19.8 Å². The van der Waals surface area contributed by atoms with Gasteiger partial charge < -0.3 is 19.1 Å². The summed E-state index contributed by atoms with van der Waals surface area (Å²) in [5, 5.41) is 1.14. The van der Waals surface area contributed by atoms with Crippen LogP contribution in [-0.4, -0.2) is 43.2 Å². The minimum absolute atomic E-state index is 0.124. The third kappa shape index (κ3) is 3.86. The van der Waals surface area contributed by atoms with Crippen LogP contribution in [0.3, 0.4) is 0 Å². The fourth-order valence-corrected chi connectivity index (χ4v) is 4.97. The first-order valence-corrected chi connectivity index (χ1v) is 11.8.